The van der Waals surface area contributed by atoms with Gasteiger partial charge in [0.05, 0.1) is 11.3 Å². The van der Waals surface area contributed by atoms with Crippen molar-refractivity contribution in [1.29, 1.82) is 0 Å². The standard InChI is InChI=1S/C10H6ClF4NO/c11-9(17)4-1-2-7(10(13,14)15)16-8(4)5-3-6(5)12/h1-2,5-6H,3H2. The van der Waals surface area contributed by atoms with Crippen LogP contribution in [0.2, 0.25) is 0 Å². The second kappa shape index (κ2) is 3.94. The number of nitrogens with zero attached hydrogens (tertiary/aromatic N) is 1. The number of rotatable bonds is 2. The van der Waals surface area contributed by atoms with E-state index < -0.39 is 29.2 Å². The Kier molecular flexibility index (Phi) is 2.85. The Morgan fingerprint density at radius 1 is 1.41 bits per heavy atom. The summed E-state index contributed by atoms with van der Waals surface area (Å²) in [7, 11) is 0. The van der Waals surface area contributed by atoms with E-state index in [1.165, 1.54) is 0 Å². The van der Waals surface area contributed by atoms with Crippen molar-refractivity contribution in [3.8, 4) is 0 Å². The lowest BCUT2D eigenvalue weighted by molar-refractivity contribution is -0.141. The molecule has 0 aliphatic heterocycles. The van der Waals surface area contributed by atoms with Crippen LogP contribution in [-0.4, -0.2) is 16.4 Å². The largest absolute Gasteiger partial charge is 0.433 e. The summed E-state index contributed by atoms with van der Waals surface area (Å²) in [5.41, 5.74) is -1.51. The number of hydrogen-bond acceptors (Lipinski definition) is 2. The minimum atomic E-state index is -4.62. The summed E-state index contributed by atoms with van der Waals surface area (Å²) in [4.78, 5) is 14.3. The highest BCUT2D eigenvalue weighted by Crippen LogP contribution is 2.45. The lowest BCUT2D eigenvalue weighted by Gasteiger charge is -2.09. The Labute approximate surface area is 98.6 Å². The zero-order chi connectivity index (χ0) is 12.8. The van der Waals surface area contributed by atoms with E-state index >= 15 is 0 Å². The molecule has 1 heterocycles. The summed E-state index contributed by atoms with van der Waals surface area (Å²) < 4.78 is 50.1. The third-order valence-electron chi connectivity index (χ3n) is 2.49. The molecule has 2 unspecified atom stereocenters. The molecule has 7 heteroatoms. The maximum atomic E-state index is 12.9. The van der Waals surface area contributed by atoms with Gasteiger partial charge in [0, 0.05) is 5.92 Å². The van der Waals surface area contributed by atoms with E-state index in [9.17, 15) is 22.4 Å². The lowest BCUT2D eigenvalue weighted by atomic mass is 10.1. The van der Waals surface area contributed by atoms with Gasteiger partial charge in [0.1, 0.15) is 11.9 Å². The second-order valence-electron chi connectivity index (χ2n) is 3.76. The van der Waals surface area contributed by atoms with Crippen LogP contribution in [0.25, 0.3) is 0 Å². The van der Waals surface area contributed by atoms with Gasteiger partial charge in [0.15, 0.2) is 0 Å². The summed E-state index contributed by atoms with van der Waals surface area (Å²) in [5.74, 6) is -0.755. The quantitative estimate of drug-likeness (QED) is 0.608. The van der Waals surface area contributed by atoms with Crippen molar-refractivity contribution in [2.45, 2.75) is 24.7 Å². The minimum absolute atomic E-state index is 0.0749. The van der Waals surface area contributed by atoms with Gasteiger partial charge in [-0.05, 0) is 30.2 Å². The van der Waals surface area contributed by atoms with Crippen LogP contribution >= 0.6 is 11.6 Å². The molecule has 2 atom stereocenters. The Morgan fingerprint density at radius 3 is 2.41 bits per heavy atom. The van der Waals surface area contributed by atoms with E-state index in [4.69, 9.17) is 11.6 Å². The maximum Gasteiger partial charge on any atom is 0.433 e. The maximum absolute atomic E-state index is 12.9. The topological polar surface area (TPSA) is 30.0 Å². The summed E-state index contributed by atoms with van der Waals surface area (Å²) in [5, 5.41) is -0.930. The van der Waals surface area contributed by atoms with Crippen molar-refractivity contribution in [1.82, 2.24) is 4.98 Å². The zero-order valence-corrected chi connectivity index (χ0v) is 9.02. The van der Waals surface area contributed by atoms with Gasteiger partial charge in [-0.25, -0.2) is 9.37 Å². The van der Waals surface area contributed by atoms with Crippen molar-refractivity contribution in [2.75, 3.05) is 0 Å². The van der Waals surface area contributed by atoms with Crippen LogP contribution in [-0.2, 0) is 6.18 Å². The van der Waals surface area contributed by atoms with Gasteiger partial charge in [-0.3, -0.25) is 4.79 Å². The molecule has 0 amide bonds. The van der Waals surface area contributed by atoms with Crippen molar-refractivity contribution < 1.29 is 22.4 Å². The number of hydrogen-bond donors (Lipinski definition) is 0. The molecule has 1 aliphatic carbocycles. The number of aromatic nitrogens is 1. The SMILES string of the molecule is O=C(Cl)c1ccc(C(F)(F)F)nc1C1CC1F. The van der Waals surface area contributed by atoms with E-state index in [1.54, 1.807) is 0 Å². The Morgan fingerprint density at radius 2 is 2.00 bits per heavy atom. The number of alkyl halides is 4. The molecule has 0 spiro atoms. The van der Waals surface area contributed by atoms with Gasteiger partial charge in [-0.15, -0.1) is 0 Å². The average Bonchev–Trinajstić information content (AvgIpc) is 2.93. The van der Waals surface area contributed by atoms with Gasteiger partial charge in [-0.2, -0.15) is 13.2 Å². The van der Waals surface area contributed by atoms with Gasteiger partial charge < -0.3 is 0 Å². The van der Waals surface area contributed by atoms with Crippen LogP contribution in [0.15, 0.2) is 12.1 Å². The lowest BCUT2D eigenvalue weighted by Crippen LogP contribution is -2.12. The van der Waals surface area contributed by atoms with Gasteiger partial charge in [0.2, 0.25) is 0 Å². The molecular formula is C10H6ClF4NO. The molecule has 92 valence electrons. The molecule has 17 heavy (non-hydrogen) atoms. The normalized spacial score (nSPS) is 23.6. The second-order valence-corrected chi connectivity index (χ2v) is 4.10. The van der Waals surface area contributed by atoms with Crippen molar-refractivity contribution in [3.05, 3.63) is 29.1 Å². The number of carbonyl (C=O) groups excluding carboxylic acids is 1. The predicted molar refractivity (Wildman–Crippen MR) is 51.7 cm³/mol. The first-order chi connectivity index (χ1) is 7.80. The molecule has 1 fully saturated rings. The van der Waals surface area contributed by atoms with Crippen LogP contribution in [0.4, 0.5) is 17.6 Å². The molecule has 2 rings (SSSR count). The molecule has 1 aliphatic rings. The number of halogens is 5. The monoisotopic (exact) mass is 267 g/mol. The van der Waals surface area contributed by atoms with Crippen molar-refractivity contribution >= 4 is 16.8 Å². The summed E-state index contributed by atoms with van der Waals surface area (Å²) in [6, 6.07) is 1.60. The highest BCUT2D eigenvalue weighted by atomic mass is 35.5. The Hall–Kier alpha value is -1.17. The molecule has 0 saturated heterocycles. The number of pyridine rings is 1. The first kappa shape index (κ1) is 12.3. The van der Waals surface area contributed by atoms with Gasteiger partial charge >= 0.3 is 6.18 Å². The molecular weight excluding hydrogens is 262 g/mol. The first-order valence-corrected chi connectivity index (χ1v) is 5.10. The van der Waals surface area contributed by atoms with Crippen molar-refractivity contribution in [3.63, 3.8) is 0 Å². The number of carbonyl (C=O) groups is 1. The molecule has 1 aromatic rings. The third-order valence-corrected chi connectivity index (χ3v) is 2.69. The fraction of sp³-hybridized carbons (Fsp3) is 0.400. The highest BCUT2D eigenvalue weighted by molar-refractivity contribution is 6.67. The third kappa shape index (κ3) is 2.41. The molecule has 2 nitrogen and oxygen atoms in total. The smallest absolute Gasteiger partial charge is 0.276 e. The zero-order valence-electron chi connectivity index (χ0n) is 8.26. The predicted octanol–water partition coefficient (Wildman–Crippen LogP) is 3.30. The fourth-order valence-corrected chi connectivity index (χ4v) is 1.69. The summed E-state index contributed by atoms with van der Waals surface area (Å²) in [6.45, 7) is 0. The minimum Gasteiger partial charge on any atom is -0.276 e. The molecule has 0 aromatic carbocycles. The molecule has 0 bridgehead atoms. The summed E-state index contributed by atoms with van der Waals surface area (Å²) >= 11 is 5.21. The van der Waals surface area contributed by atoms with Crippen LogP contribution in [0.1, 0.15) is 34.1 Å². The highest BCUT2D eigenvalue weighted by Gasteiger charge is 2.43. The van der Waals surface area contributed by atoms with Gasteiger partial charge in [-0.1, -0.05) is 0 Å². The molecule has 1 saturated carbocycles. The van der Waals surface area contributed by atoms with E-state index in [0.29, 0.717) is 6.07 Å². The van der Waals surface area contributed by atoms with Crippen molar-refractivity contribution in [2.24, 2.45) is 0 Å². The first-order valence-electron chi connectivity index (χ1n) is 4.72. The van der Waals surface area contributed by atoms with Gasteiger partial charge in [0.25, 0.3) is 5.24 Å². The van der Waals surface area contributed by atoms with Crippen LogP contribution in [0.5, 0.6) is 0 Å². The van der Waals surface area contributed by atoms with Crippen LogP contribution in [0, 0.1) is 0 Å². The van der Waals surface area contributed by atoms with E-state index in [2.05, 4.69) is 4.98 Å². The van der Waals surface area contributed by atoms with Crippen LogP contribution in [0.3, 0.4) is 0 Å². The van der Waals surface area contributed by atoms with Crippen LogP contribution < -0.4 is 0 Å². The molecule has 1 aromatic heterocycles. The Bertz CT molecular complexity index is 474. The van der Waals surface area contributed by atoms with E-state index in [-0.39, 0.29) is 17.7 Å². The average molecular weight is 268 g/mol. The Balaban J connectivity index is 2.47. The fourth-order valence-electron chi connectivity index (χ4n) is 1.53. The molecule has 0 N–H and O–H groups in total. The van der Waals surface area contributed by atoms with E-state index in [1.807, 2.05) is 0 Å². The molecule has 0 radical (unpaired) electrons. The summed E-state index contributed by atoms with van der Waals surface area (Å²) in [6.07, 6.45) is -5.80. The van der Waals surface area contributed by atoms with E-state index in [0.717, 1.165) is 6.07 Å².